The zero-order valence-electron chi connectivity index (χ0n) is 17.4. The molecule has 0 unspecified atom stereocenters. The van der Waals surface area contributed by atoms with Crippen LogP contribution in [0.2, 0.25) is 0 Å². The summed E-state index contributed by atoms with van der Waals surface area (Å²) in [5, 5.41) is 13.1. The van der Waals surface area contributed by atoms with Gasteiger partial charge in [0.1, 0.15) is 11.4 Å². The summed E-state index contributed by atoms with van der Waals surface area (Å²) in [7, 11) is 0. The first-order valence-electron chi connectivity index (χ1n) is 10.8. The number of carbonyl (C=O) groups is 2. The van der Waals surface area contributed by atoms with E-state index in [1.807, 2.05) is 0 Å². The number of rotatable bonds is 3. The van der Waals surface area contributed by atoms with Crippen molar-refractivity contribution in [2.24, 2.45) is 11.8 Å². The Hall–Kier alpha value is -3.20. The smallest absolute Gasteiger partial charge is 0.276 e. The van der Waals surface area contributed by atoms with Crippen LogP contribution in [0.4, 0.5) is 4.39 Å². The molecular weight excluding hydrogens is 417 g/mol. The number of carbonyl (C=O) groups excluding carboxylic acids is 2. The number of halogens is 1. The molecule has 8 nitrogen and oxygen atoms in total. The lowest BCUT2D eigenvalue weighted by molar-refractivity contribution is -0.144. The predicted molar refractivity (Wildman–Crippen MR) is 110 cm³/mol. The highest BCUT2D eigenvalue weighted by Crippen LogP contribution is 2.58. The monoisotopic (exact) mass is 439 g/mol. The van der Waals surface area contributed by atoms with Crippen molar-refractivity contribution in [2.75, 3.05) is 0 Å². The van der Waals surface area contributed by atoms with Gasteiger partial charge in [0, 0.05) is 24.3 Å². The number of nitrogens with one attached hydrogen (secondary N) is 1. The van der Waals surface area contributed by atoms with E-state index in [0.29, 0.717) is 11.8 Å². The van der Waals surface area contributed by atoms with Crippen LogP contribution in [0.3, 0.4) is 0 Å². The lowest BCUT2D eigenvalue weighted by Crippen LogP contribution is -2.58. The van der Waals surface area contributed by atoms with E-state index < -0.39 is 35.0 Å². The number of fused-ring (bicyclic) bond motifs is 8. The van der Waals surface area contributed by atoms with E-state index in [2.05, 4.69) is 5.32 Å². The molecule has 1 saturated heterocycles. The Kier molecular flexibility index (Phi) is 4.05. The molecule has 1 aromatic carbocycles. The predicted octanol–water partition coefficient (Wildman–Crippen LogP) is 1.52. The summed E-state index contributed by atoms with van der Waals surface area (Å²) in [5.74, 6) is -1.47. The largest absolute Gasteiger partial charge is 0.503 e. The van der Waals surface area contributed by atoms with Gasteiger partial charge in [-0.15, -0.1) is 0 Å². The van der Waals surface area contributed by atoms with E-state index in [0.717, 1.165) is 18.4 Å². The second-order valence-corrected chi connectivity index (χ2v) is 9.21. The van der Waals surface area contributed by atoms with Crippen molar-refractivity contribution in [3.05, 3.63) is 62.8 Å². The van der Waals surface area contributed by atoms with E-state index >= 15 is 0 Å². The Balaban J connectivity index is 1.29. The SMILES string of the molecule is Cc1ccc(CNC(=O)c2cn3c(c(O)c2=O)C(=O)N2[C@@H]4C[C@H](O[C@@H]2C3)[C@H]2C[C@H]24)c(F)c1. The van der Waals surface area contributed by atoms with E-state index in [1.165, 1.54) is 16.8 Å². The Morgan fingerprint density at radius 1 is 1.28 bits per heavy atom. The quantitative estimate of drug-likeness (QED) is 0.755. The van der Waals surface area contributed by atoms with Gasteiger partial charge in [0.2, 0.25) is 5.43 Å². The van der Waals surface area contributed by atoms with Crippen molar-refractivity contribution < 1.29 is 23.8 Å². The number of pyridine rings is 1. The first kappa shape index (κ1) is 19.5. The third-order valence-corrected chi connectivity index (χ3v) is 7.27. The minimum Gasteiger partial charge on any atom is -0.503 e. The molecule has 6 rings (SSSR count). The van der Waals surface area contributed by atoms with Gasteiger partial charge in [-0.3, -0.25) is 14.4 Å². The fraction of sp³-hybridized carbons (Fsp3) is 0.435. The number of aryl methyl sites for hydroxylation is 1. The second-order valence-electron chi connectivity index (χ2n) is 9.21. The molecule has 5 atom stereocenters. The molecule has 3 fully saturated rings. The lowest BCUT2D eigenvalue weighted by Gasteiger charge is -2.45. The van der Waals surface area contributed by atoms with Crippen molar-refractivity contribution in [3.63, 3.8) is 0 Å². The average Bonchev–Trinajstić information content (AvgIpc) is 3.50. The van der Waals surface area contributed by atoms with Crippen molar-refractivity contribution in [3.8, 4) is 5.75 Å². The molecule has 2 N–H and O–H groups in total. The van der Waals surface area contributed by atoms with Crippen LogP contribution >= 0.6 is 0 Å². The third kappa shape index (κ3) is 2.73. The van der Waals surface area contributed by atoms with E-state index in [-0.39, 0.29) is 42.1 Å². The maximum absolute atomic E-state index is 14.1. The lowest BCUT2D eigenvalue weighted by atomic mass is 10.0. The summed E-state index contributed by atoms with van der Waals surface area (Å²) in [6, 6.07) is 4.73. The second kappa shape index (κ2) is 6.65. The van der Waals surface area contributed by atoms with Gasteiger partial charge in [-0.2, -0.15) is 0 Å². The van der Waals surface area contributed by atoms with Crippen LogP contribution in [0, 0.1) is 24.6 Å². The van der Waals surface area contributed by atoms with Crippen LogP contribution in [0.1, 0.15) is 44.8 Å². The Morgan fingerprint density at radius 2 is 2.09 bits per heavy atom. The van der Waals surface area contributed by atoms with Crippen molar-refractivity contribution >= 4 is 11.8 Å². The fourth-order valence-corrected chi connectivity index (χ4v) is 5.60. The van der Waals surface area contributed by atoms with E-state index in [9.17, 15) is 23.9 Å². The topological polar surface area (TPSA) is 101 Å². The fourth-order valence-electron chi connectivity index (χ4n) is 5.60. The van der Waals surface area contributed by atoms with Crippen LogP contribution < -0.4 is 10.7 Å². The summed E-state index contributed by atoms with van der Waals surface area (Å²) in [6.07, 6.45) is 2.78. The number of hydrogen-bond donors (Lipinski definition) is 2. The molecule has 4 aliphatic rings. The molecule has 166 valence electrons. The molecule has 0 radical (unpaired) electrons. The molecule has 9 heteroatoms. The Bertz CT molecular complexity index is 1240. The number of aromatic hydroxyl groups is 1. The summed E-state index contributed by atoms with van der Waals surface area (Å²) in [6.45, 7) is 1.88. The van der Waals surface area contributed by atoms with Gasteiger partial charge in [-0.05, 0) is 43.2 Å². The van der Waals surface area contributed by atoms with Crippen LogP contribution in [0.25, 0.3) is 0 Å². The highest BCUT2D eigenvalue weighted by Gasteiger charge is 2.63. The van der Waals surface area contributed by atoms with Crippen molar-refractivity contribution in [1.29, 1.82) is 0 Å². The number of ether oxygens (including phenoxy) is 1. The molecular formula is C23H22FN3O5. The summed E-state index contributed by atoms with van der Waals surface area (Å²) in [4.78, 5) is 40.3. The van der Waals surface area contributed by atoms with Gasteiger partial charge in [0.15, 0.2) is 17.7 Å². The zero-order chi connectivity index (χ0) is 22.3. The first-order chi connectivity index (χ1) is 15.3. The molecule has 32 heavy (non-hydrogen) atoms. The minimum atomic E-state index is -0.920. The number of amides is 2. The van der Waals surface area contributed by atoms with Crippen LogP contribution in [0.15, 0.2) is 29.2 Å². The van der Waals surface area contributed by atoms with E-state index in [1.54, 1.807) is 24.0 Å². The highest BCUT2D eigenvalue weighted by molar-refractivity contribution is 5.99. The first-order valence-corrected chi connectivity index (χ1v) is 10.8. The van der Waals surface area contributed by atoms with Gasteiger partial charge in [0.05, 0.1) is 12.6 Å². The van der Waals surface area contributed by atoms with Crippen LogP contribution in [0.5, 0.6) is 5.75 Å². The van der Waals surface area contributed by atoms with E-state index in [4.69, 9.17) is 4.74 Å². The summed E-state index contributed by atoms with van der Waals surface area (Å²) >= 11 is 0. The number of hydrogen-bond acceptors (Lipinski definition) is 5. The van der Waals surface area contributed by atoms with Gasteiger partial charge in [-0.25, -0.2) is 4.39 Å². The maximum Gasteiger partial charge on any atom is 0.276 e. The van der Waals surface area contributed by atoms with Gasteiger partial charge in [-0.1, -0.05) is 12.1 Å². The Morgan fingerprint density at radius 3 is 2.88 bits per heavy atom. The third-order valence-electron chi connectivity index (χ3n) is 7.27. The number of nitrogens with zero attached hydrogens (tertiary/aromatic N) is 2. The normalized spacial score (nSPS) is 29.2. The van der Waals surface area contributed by atoms with Crippen molar-refractivity contribution in [2.45, 2.75) is 51.2 Å². The standard InChI is InChI=1S/C23H22FN3O5/c1-10-2-3-11(15(24)4-10)7-25-22(30)14-8-26-9-18-27(23(31)19(26)21(29)20(14)28)16-6-17(32-18)13-5-12(13)16/h2-4,8,12-13,16-18,29H,5-7,9H2,1H3,(H,25,30)/t12-,13+,16-,17+,18-/m1/s1. The van der Waals surface area contributed by atoms with Crippen LogP contribution in [-0.4, -0.2) is 44.8 Å². The van der Waals surface area contributed by atoms with Crippen LogP contribution in [-0.2, 0) is 17.8 Å². The molecule has 2 saturated carbocycles. The summed E-state index contributed by atoms with van der Waals surface area (Å²) in [5.41, 5.74) is -0.303. The molecule has 2 bridgehead atoms. The zero-order valence-corrected chi connectivity index (χ0v) is 17.4. The van der Waals surface area contributed by atoms with Crippen molar-refractivity contribution in [1.82, 2.24) is 14.8 Å². The van der Waals surface area contributed by atoms with Gasteiger partial charge >= 0.3 is 0 Å². The van der Waals surface area contributed by atoms with Gasteiger partial charge in [0.25, 0.3) is 11.8 Å². The molecule has 3 heterocycles. The molecule has 0 spiro atoms. The maximum atomic E-state index is 14.1. The highest BCUT2D eigenvalue weighted by atomic mass is 19.1. The summed E-state index contributed by atoms with van der Waals surface area (Å²) < 4.78 is 21.6. The molecule has 1 aromatic heterocycles. The number of benzene rings is 1. The molecule has 2 aromatic rings. The minimum absolute atomic E-state index is 0.0758. The average molecular weight is 439 g/mol. The number of aromatic nitrogens is 1. The molecule has 2 amide bonds. The van der Waals surface area contributed by atoms with Gasteiger partial charge < -0.3 is 24.6 Å². The molecule has 2 aliphatic carbocycles. The Labute approximate surface area is 182 Å². The molecule has 2 aliphatic heterocycles.